The van der Waals surface area contributed by atoms with Gasteiger partial charge in [-0.2, -0.15) is 13.2 Å². The average molecular weight is 397 g/mol. The van der Waals surface area contributed by atoms with Crippen LogP contribution in [0.5, 0.6) is 0 Å². The molecule has 0 aromatic heterocycles. The van der Waals surface area contributed by atoms with Crippen LogP contribution in [0.25, 0.3) is 6.08 Å². The SMILES string of the molecule is CC(=O)N(C)c1ccc(NC(=O)/C=C/c2ccc(Cl)c(C(F)(F)F)c2)cc1. The number of nitrogens with zero attached hydrogens (tertiary/aromatic N) is 1. The van der Waals surface area contributed by atoms with Crippen LogP contribution in [0.15, 0.2) is 48.5 Å². The number of amides is 2. The monoisotopic (exact) mass is 396 g/mol. The first-order valence-corrected chi connectivity index (χ1v) is 8.16. The van der Waals surface area contributed by atoms with Crippen LogP contribution in [-0.2, 0) is 15.8 Å². The van der Waals surface area contributed by atoms with Gasteiger partial charge in [-0.15, -0.1) is 0 Å². The zero-order chi connectivity index (χ0) is 20.2. The lowest BCUT2D eigenvalue weighted by molar-refractivity contribution is -0.137. The van der Waals surface area contributed by atoms with E-state index < -0.39 is 22.7 Å². The Balaban J connectivity index is 2.06. The van der Waals surface area contributed by atoms with Crippen LogP contribution in [-0.4, -0.2) is 18.9 Å². The summed E-state index contributed by atoms with van der Waals surface area (Å²) in [5, 5.41) is 2.18. The molecule has 142 valence electrons. The maximum Gasteiger partial charge on any atom is 0.417 e. The summed E-state index contributed by atoms with van der Waals surface area (Å²) in [5.74, 6) is -0.637. The van der Waals surface area contributed by atoms with Crippen molar-refractivity contribution in [1.29, 1.82) is 0 Å². The van der Waals surface area contributed by atoms with Gasteiger partial charge in [-0.25, -0.2) is 0 Å². The maximum absolute atomic E-state index is 12.8. The van der Waals surface area contributed by atoms with Crippen molar-refractivity contribution in [3.63, 3.8) is 0 Å². The minimum absolute atomic E-state index is 0.129. The van der Waals surface area contributed by atoms with Crippen molar-refractivity contribution in [1.82, 2.24) is 0 Å². The lowest BCUT2D eigenvalue weighted by Crippen LogP contribution is -2.22. The van der Waals surface area contributed by atoms with Gasteiger partial charge in [0.25, 0.3) is 0 Å². The summed E-state index contributed by atoms with van der Waals surface area (Å²) in [7, 11) is 1.62. The second kappa shape index (κ2) is 8.26. The summed E-state index contributed by atoms with van der Waals surface area (Å²) in [6.45, 7) is 1.43. The Morgan fingerprint density at radius 3 is 2.30 bits per heavy atom. The standard InChI is InChI=1S/C19H16ClF3N2O2/c1-12(26)25(2)15-7-5-14(6-8-15)24-18(27)10-4-13-3-9-17(20)16(11-13)19(21,22)23/h3-11H,1-2H3,(H,24,27)/b10-4+. The molecule has 0 spiro atoms. The number of carbonyl (C=O) groups excluding carboxylic acids is 2. The van der Waals surface area contributed by atoms with E-state index in [1.54, 1.807) is 31.3 Å². The van der Waals surface area contributed by atoms with Crippen molar-refractivity contribution in [2.75, 3.05) is 17.3 Å². The van der Waals surface area contributed by atoms with E-state index in [-0.39, 0.29) is 11.5 Å². The molecule has 0 unspecified atom stereocenters. The molecular weight excluding hydrogens is 381 g/mol. The van der Waals surface area contributed by atoms with Crippen molar-refractivity contribution < 1.29 is 22.8 Å². The van der Waals surface area contributed by atoms with Gasteiger partial charge in [0.2, 0.25) is 11.8 Å². The molecule has 0 atom stereocenters. The summed E-state index contributed by atoms with van der Waals surface area (Å²) in [6.07, 6.45) is -2.18. The summed E-state index contributed by atoms with van der Waals surface area (Å²) in [5.41, 5.74) is 0.381. The van der Waals surface area contributed by atoms with Crippen LogP contribution in [0, 0.1) is 0 Å². The van der Waals surface area contributed by atoms with E-state index in [9.17, 15) is 22.8 Å². The number of hydrogen-bond acceptors (Lipinski definition) is 2. The smallest absolute Gasteiger partial charge is 0.323 e. The Labute approximate surface area is 159 Å². The van der Waals surface area contributed by atoms with Gasteiger partial charge in [0, 0.05) is 31.4 Å². The third kappa shape index (κ3) is 5.59. The number of hydrogen-bond donors (Lipinski definition) is 1. The van der Waals surface area contributed by atoms with Crippen molar-refractivity contribution in [3.05, 3.63) is 64.7 Å². The number of halogens is 4. The number of rotatable bonds is 4. The third-order valence-electron chi connectivity index (χ3n) is 3.72. The van der Waals surface area contributed by atoms with Gasteiger partial charge in [0.1, 0.15) is 0 Å². The molecule has 2 aromatic carbocycles. The maximum atomic E-state index is 12.8. The lowest BCUT2D eigenvalue weighted by atomic mass is 10.1. The first-order chi connectivity index (χ1) is 12.6. The molecule has 0 aliphatic carbocycles. The topological polar surface area (TPSA) is 49.4 Å². The predicted octanol–water partition coefficient (Wildman–Crippen LogP) is 4.99. The molecular formula is C19H16ClF3N2O2. The fourth-order valence-corrected chi connectivity index (χ4v) is 2.39. The quantitative estimate of drug-likeness (QED) is 0.740. The van der Waals surface area contributed by atoms with E-state index in [4.69, 9.17) is 11.6 Å². The van der Waals surface area contributed by atoms with Crippen molar-refractivity contribution in [3.8, 4) is 0 Å². The number of anilines is 2. The summed E-state index contributed by atoms with van der Waals surface area (Å²) < 4.78 is 38.5. The molecule has 1 N–H and O–H groups in total. The zero-order valence-corrected chi connectivity index (χ0v) is 15.2. The van der Waals surface area contributed by atoms with Gasteiger partial charge in [0.15, 0.2) is 0 Å². The highest BCUT2D eigenvalue weighted by Gasteiger charge is 2.33. The van der Waals surface area contributed by atoms with Gasteiger partial charge in [0.05, 0.1) is 10.6 Å². The van der Waals surface area contributed by atoms with Crippen LogP contribution < -0.4 is 10.2 Å². The van der Waals surface area contributed by atoms with E-state index in [2.05, 4.69) is 5.32 Å². The molecule has 0 aliphatic rings. The molecule has 2 aromatic rings. The van der Waals surface area contributed by atoms with Crippen LogP contribution in [0.3, 0.4) is 0 Å². The summed E-state index contributed by atoms with van der Waals surface area (Å²) >= 11 is 5.56. The number of alkyl halides is 3. The highest BCUT2D eigenvalue weighted by molar-refractivity contribution is 6.31. The van der Waals surface area contributed by atoms with E-state index >= 15 is 0 Å². The second-order valence-corrected chi connectivity index (χ2v) is 6.09. The lowest BCUT2D eigenvalue weighted by Gasteiger charge is -2.15. The van der Waals surface area contributed by atoms with Gasteiger partial charge in [-0.1, -0.05) is 17.7 Å². The number of nitrogens with one attached hydrogen (secondary N) is 1. The summed E-state index contributed by atoms with van der Waals surface area (Å²) in [6, 6.07) is 9.94. The minimum atomic E-state index is -4.57. The first kappa shape index (κ1) is 20.5. The molecule has 0 bridgehead atoms. The predicted molar refractivity (Wildman–Crippen MR) is 99.6 cm³/mol. The average Bonchev–Trinajstić information content (AvgIpc) is 2.60. The van der Waals surface area contributed by atoms with Crippen LogP contribution in [0.4, 0.5) is 24.5 Å². The van der Waals surface area contributed by atoms with Gasteiger partial charge in [-0.3, -0.25) is 9.59 Å². The molecule has 2 amide bonds. The Kier molecular flexibility index (Phi) is 6.28. The molecule has 27 heavy (non-hydrogen) atoms. The fourth-order valence-electron chi connectivity index (χ4n) is 2.17. The molecule has 0 radical (unpaired) electrons. The second-order valence-electron chi connectivity index (χ2n) is 5.68. The highest BCUT2D eigenvalue weighted by Crippen LogP contribution is 2.35. The van der Waals surface area contributed by atoms with Gasteiger partial charge in [-0.05, 0) is 48.0 Å². The largest absolute Gasteiger partial charge is 0.417 e. The third-order valence-corrected chi connectivity index (χ3v) is 4.05. The molecule has 0 fully saturated rings. The Hall–Kier alpha value is -2.80. The van der Waals surface area contributed by atoms with E-state index in [1.165, 1.54) is 24.0 Å². The molecule has 2 rings (SSSR count). The fraction of sp³-hybridized carbons (Fsp3) is 0.158. The molecule has 0 heterocycles. The van der Waals surface area contributed by atoms with Crippen LogP contribution in [0.2, 0.25) is 5.02 Å². The van der Waals surface area contributed by atoms with E-state index in [1.807, 2.05) is 0 Å². The molecule has 0 saturated carbocycles. The van der Waals surface area contributed by atoms with Gasteiger partial charge >= 0.3 is 6.18 Å². The number of benzene rings is 2. The van der Waals surface area contributed by atoms with E-state index in [0.29, 0.717) is 11.4 Å². The Morgan fingerprint density at radius 2 is 1.74 bits per heavy atom. The van der Waals surface area contributed by atoms with Crippen LogP contribution >= 0.6 is 11.6 Å². The van der Waals surface area contributed by atoms with Gasteiger partial charge < -0.3 is 10.2 Å². The zero-order valence-electron chi connectivity index (χ0n) is 14.5. The molecule has 4 nitrogen and oxygen atoms in total. The minimum Gasteiger partial charge on any atom is -0.323 e. The molecule has 8 heteroatoms. The van der Waals surface area contributed by atoms with Crippen LogP contribution in [0.1, 0.15) is 18.1 Å². The Bertz CT molecular complexity index is 878. The first-order valence-electron chi connectivity index (χ1n) is 7.78. The molecule has 0 saturated heterocycles. The molecule has 0 aliphatic heterocycles. The van der Waals surface area contributed by atoms with E-state index in [0.717, 1.165) is 18.2 Å². The number of carbonyl (C=O) groups is 2. The van der Waals surface area contributed by atoms with Crippen molar-refractivity contribution in [2.45, 2.75) is 13.1 Å². The van der Waals surface area contributed by atoms with Crippen molar-refractivity contribution >= 4 is 40.9 Å². The Morgan fingerprint density at radius 1 is 1.11 bits per heavy atom. The highest BCUT2D eigenvalue weighted by atomic mass is 35.5. The normalized spacial score (nSPS) is 11.5. The van der Waals surface area contributed by atoms with Crippen molar-refractivity contribution in [2.24, 2.45) is 0 Å². The summed E-state index contributed by atoms with van der Waals surface area (Å²) in [4.78, 5) is 24.7.